The van der Waals surface area contributed by atoms with Gasteiger partial charge >= 0.3 is 6.03 Å². The van der Waals surface area contributed by atoms with E-state index in [-0.39, 0.29) is 17.5 Å². The van der Waals surface area contributed by atoms with E-state index in [1.165, 1.54) is 5.56 Å². The van der Waals surface area contributed by atoms with E-state index in [2.05, 4.69) is 22.4 Å². The first kappa shape index (κ1) is 15.1. The van der Waals surface area contributed by atoms with Gasteiger partial charge in [-0.25, -0.2) is 9.78 Å². The minimum absolute atomic E-state index is 0.0836. The molecule has 1 spiro atoms. The van der Waals surface area contributed by atoms with Crippen molar-refractivity contribution >= 4 is 11.8 Å². The van der Waals surface area contributed by atoms with Gasteiger partial charge in [0.2, 0.25) is 0 Å². The second kappa shape index (κ2) is 6.24. The van der Waals surface area contributed by atoms with Crippen LogP contribution in [0.3, 0.4) is 0 Å². The number of nitrogens with zero attached hydrogens (tertiary/aromatic N) is 2. The van der Waals surface area contributed by atoms with Crippen LogP contribution in [-0.4, -0.2) is 35.7 Å². The van der Waals surface area contributed by atoms with Crippen LogP contribution < -0.4 is 5.32 Å². The van der Waals surface area contributed by atoms with E-state index >= 15 is 0 Å². The molecule has 1 N–H and O–H groups in total. The Morgan fingerprint density at radius 2 is 1.88 bits per heavy atom. The number of nitrogens with one attached hydrogen (secondary N) is 1. The highest BCUT2D eigenvalue weighted by Gasteiger charge is 2.55. The van der Waals surface area contributed by atoms with Gasteiger partial charge in [-0.2, -0.15) is 0 Å². The number of urea groups is 1. The first-order valence-electron chi connectivity index (χ1n) is 8.40. The van der Waals surface area contributed by atoms with Gasteiger partial charge in [0.1, 0.15) is 5.82 Å². The normalized spacial score (nSPS) is 22.0. The molecule has 2 saturated heterocycles. The number of likely N-dealkylation sites (tertiary alicyclic amines) is 1. The molecule has 0 aliphatic carbocycles. The van der Waals surface area contributed by atoms with Crippen molar-refractivity contribution in [3.8, 4) is 0 Å². The summed E-state index contributed by atoms with van der Waals surface area (Å²) in [5.74, 6) is 0.585. The number of carbonyl (C=O) groups is 1. The number of carbonyl (C=O) groups excluding carboxylic acids is 1. The maximum atomic E-state index is 12.7. The van der Waals surface area contributed by atoms with Gasteiger partial charge in [0.25, 0.3) is 0 Å². The number of rotatable bonds is 2. The lowest BCUT2D eigenvalue weighted by molar-refractivity contribution is -0.109. The number of benzene rings is 1. The molecule has 4 rings (SSSR count). The van der Waals surface area contributed by atoms with Crippen LogP contribution in [-0.2, 0) is 4.74 Å². The molecule has 0 saturated carbocycles. The largest absolute Gasteiger partial charge is 0.381 e. The van der Waals surface area contributed by atoms with E-state index in [9.17, 15) is 4.79 Å². The van der Waals surface area contributed by atoms with Crippen molar-refractivity contribution in [2.45, 2.75) is 18.9 Å². The number of pyridine rings is 1. The number of ether oxygens (including phenoxy) is 1. The summed E-state index contributed by atoms with van der Waals surface area (Å²) in [6.45, 7) is 2.33. The number of hydrogen-bond acceptors (Lipinski definition) is 3. The van der Waals surface area contributed by atoms with Crippen LogP contribution in [0.4, 0.5) is 10.6 Å². The Balaban J connectivity index is 1.57. The van der Waals surface area contributed by atoms with Crippen molar-refractivity contribution in [3.05, 3.63) is 60.3 Å². The Morgan fingerprint density at radius 3 is 2.58 bits per heavy atom. The summed E-state index contributed by atoms with van der Waals surface area (Å²) in [4.78, 5) is 18.9. The van der Waals surface area contributed by atoms with Crippen molar-refractivity contribution in [1.82, 2.24) is 9.88 Å². The van der Waals surface area contributed by atoms with Gasteiger partial charge in [-0.15, -0.1) is 0 Å². The molecule has 2 fully saturated rings. The third kappa shape index (κ3) is 2.65. The zero-order valence-corrected chi connectivity index (χ0v) is 13.5. The van der Waals surface area contributed by atoms with Crippen LogP contribution in [0.25, 0.3) is 0 Å². The Morgan fingerprint density at radius 1 is 1.12 bits per heavy atom. The molecule has 24 heavy (non-hydrogen) atoms. The Hall–Kier alpha value is -2.40. The number of aromatic nitrogens is 1. The van der Waals surface area contributed by atoms with Gasteiger partial charge in [-0.3, -0.25) is 5.32 Å². The van der Waals surface area contributed by atoms with Crippen molar-refractivity contribution < 1.29 is 9.53 Å². The quantitative estimate of drug-likeness (QED) is 0.921. The standard InChI is InChI=1S/C19H21N3O2/c23-18(21-16-8-4-5-11-20-16)22-14-19(9-12-24-13-10-19)17(22)15-6-2-1-3-7-15/h1-8,11,17H,9-10,12-14H2,(H,20,21,23)/t17-/m0/s1. The zero-order valence-electron chi connectivity index (χ0n) is 13.5. The molecule has 5 heteroatoms. The van der Waals surface area contributed by atoms with Gasteiger partial charge in [0.05, 0.1) is 6.04 Å². The second-order valence-corrected chi connectivity index (χ2v) is 6.56. The SMILES string of the molecule is O=C(Nc1ccccn1)N1CC2(CCOCC2)[C@@H]1c1ccccc1. The molecule has 2 aliphatic heterocycles. The van der Waals surface area contributed by atoms with Crippen molar-refractivity contribution in [2.75, 3.05) is 25.1 Å². The molecule has 2 aromatic rings. The van der Waals surface area contributed by atoms with Crippen LogP contribution in [0.1, 0.15) is 24.4 Å². The number of anilines is 1. The maximum absolute atomic E-state index is 12.7. The van der Waals surface area contributed by atoms with Gasteiger partial charge in [0.15, 0.2) is 0 Å². The third-order valence-corrected chi connectivity index (χ3v) is 5.14. The molecule has 124 valence electrons. The van der Waals surface area contributed by atoms with E-state index in [0.29, 0.717) is 5.82 Å². The fourth-order valence-corrected chi connectivity index (χ4v) is 3.92. The lowest BCUT2D eigenvalue weighted by Gasteiger charge is -2.59. The summed E-state index contributed by atoms with van der Waals surface area (Å²) in [6, 6.07) is 15.8. The van der Waals surface area contributed by atoms with Gasteiger partial charge in [-0.1, -0.05) is 36.4 Å². The molecule has 3 heterocycles. The Kier molecular flexibility index (Phi) is 3.94. The average Bonchev–Trinajstić information content (AvgIpc) is 2.62. The van der Waals surface area contributed by atoms with E-state index in [0.717, 1.165) is 32.6 Å². The van der Waals surface area contributed by atoms with Crippen LogP contribution in [0.5, 0.6) is 0 Å². The van der Waals surface area contributed by atoms with Crippen LogP contribution in [0.2, 0.25) is 0 Å². The fraction of sp³-hybridized carbons (Fsp3) is 0.368. The van der Waals surface area contributed by atoms with Crippen LogP contribution in [0, 0.1) is 5.41 Å². The minimum atomic E-state index is -0.0836. The van der Waals surface area contributed by atoms with E-state index < -0.39 is 0 Å². The summed E-state index contributed by atoms with van der Waals surface area (Å²) >= 11 is 0. The number of amides is 2. The molecule has 5 nitrogen and oxygen atoms in total. The highest BCUT2D eigenvalue weighted by molar-refractivity contribution is 5.89. The Bertz CT molecular complexity index is 699. The molecule has 0 unspecified atom stereocenters. The molecule has 0 bridgehead atoms. The predicted molar refractivity (Wildman–Crippen MR) is 91.6 cm³/mol. The van der Waals surface area contributed by atoms with Crippen LogP contribution in [0.15, 0.2) is 54.7 Å². The predicted octanol–water partition coefficient (Wildman–Crippen LogP) is 3.47. The van der Waals surface area contributed by atoms with Crippen molar-refractivity contribution in [1.29, 1.82) is 0 Å². The Labute approximate surface area is 141 Å². The maximum Gasteiger partial charge on any atom is 0.323 e. The van der Waals surface area contributed by atoms with Crippen molar-refractivity contribution in [3.63, 3.8) is 0 Å². The van der Waals surface area contributed by atoms with Crippen molar-refractivity contribution in [2.24, 2.45) is 5.41 Å². The molecule has 2 amide bonds. The lowest BCUT2D eigenvalue weighted by Crippen LogP contribution is -2.63. The zero-order chi connectivity index (χ0) is 16.4. The number of hydrogen-bond donors (Lipinski definition) is 1. The van der Waals surface area contributed by atoms with Gasteiger partial charge in [0, 0.05) is 31.4 Å². The fourth-order valence-electron chi connectivity index (χ4n) is 3.92. The smallest absolute Gasteiger partial charge is 0.323 e. The monoisotopic (exact) mass is 323 g/mol. The van der Waals surface area contributed by atoms with E-state index in [1.807, 2.05) is 35.2 Å². The van der Waals surface area contributed by atoms with E-state index in [4.69, 9.17) is 4.74 Å². The molecule has 0 radical (unpaired) electrons. The van der Waals surface area contributed by atoms with Gasteiger partial charge < -0.3 is 9.64 Å². The minimum Gasteiger partial charge on any atom is -0.381 e. The third-order valence-electron chi connectivity index (χ3n) is 5.14. The molecule has 1 aromatic heterocycles. The molecule has 1 atom stereocenters. The molecular formula is C19H21N3O2. The van der Waals surface area contributed by atoms with Gasteiger partial charge in [-0.05, 0) is 30.5 Å². The topological polar surface area (TPSA) is 54.5 Å². The summed E-state index contributed by atoms with van der Waals surface area (Å²) in [7, 11) is 0. The second-order valence-electron chi connectivity index (χ2n) is 6.56. The summed E-state index contributed by atoms with van der Waals surface area (Å²) in [6.07, 6.45) is 3.68. The lowest BCUT2D eigenvalue weighted by atomic mass is 9.64. The molecule has 1 aromatic carbocycles. The first-order valence-corrected chi connectivity index (χ1v) is 8.40. The molecule has 2 aliphatic rings. The highest BCUT2D eigenvalue weighted by atomic mass is 16.5. The van der Waals surface area contributed by atoms with Crippen LogP contribution >= 0.6 is 0 Å². The first-order chi connectivity index (χ1) is 11.8. The van der Waals surface area contributed by atoms with E-state index in [1.54, 1.807) is 12.3 Å². The summed E-state index contributed by atoms with van der Waals surface area (Å²) in [5.41, 5.74) is 1.34. The average molecular weight is 323 g/mol. The summed E-state index contributed by atoms with van der Waals surface area (Å²) < 4.78 is 5.55. The highest BCUT2D eigenvalue weighted by Crippen LogP contribution is 2.54. The summed E-state index contributed by atoms with van der Waals surface area (Å²) in [5, 5.41) is 2.91. The molecular weight excluding hydrogens is 302 g/mol.